The van der Waals surface area contributed by atoms with Crippen molar-refractivity contribution in [2.75, 3.05) is 139 Å². The highest BCUT2D eigenvalue weighted by atomic mass is 16.9. The van der Waals surface area contributed by atoms with E-state index in [-0.39, 0.29) is 0 Å². The van der Waals surface area contributed by atoms with Crippen LogP contribution in [0.1, 0.15) is 0 Å². The molecule has 11 rings (SSSR count). The maximum absolute atomic E-state index is 12.1. The highest BCUT2D eigenvalue weighted by molar-refractivity contribution is 5.10. The second kappa shape index (κ2) is 39.3. The van der Waals surface area contributed by atoms with E-state index >= 15 is 0 Å². The van der Waals surface area contributed by atoms with Gasteiger partial charge in [0.05, 0.1) is 72.7 Å². The monoisotopic (exact) mass is 1800 g/mol. The van der Waals surface area contributed by atoms with Gasteiger partial charge in [0, 0.05) is 0 Å². The summed E-state index contributed by atoms with van der Waals surface area (Å²) in [7, 11) is 0. The van der Waals surface area contributed by atoms with Crippen LogP contribution in [-0.2, 0) is 99.5 Å². The van der Waals surface area contributed by atoms with Crippen molar-refractivity contribution in [2.24, 2.45) is 0 Å². The second-order valence-electron chi connectivity index (χ2n) is 31.4. The number of aliphatic hydroxyl groups excluding tert-OH is 35. The minimum absolute atomic E-state index is 0.976. The molecule has 11 heterocycles. The van der Waals surface area contributed by atoms with E-state index in [0.717, 1.165) is 0 Å². The smallest absolute Gasteiger partial charge is 0.224 e. The Morgan fingerprint density at radius 3 is 0.484 bits per heavy atom. The number of ether oxygens (including phenoxy) is 21. The lowest BCUT2D eigenvalue weighted by Crippen LogP contribution is -2.64. The molecule has 0 saturated carbocycles. The molecule has 0 unspecified atom stereocenters. The zero-order valence-corrected chi connectivity index (χ0v) is 64.3. The maximum Gasteiger partial charge on any atom is 0.224 e. The van der Waals surface area contributed by atoms with E-state index in [4.69, 9.17) is 99.5 Å². The van der Waals surface area contributed by atoms with Crippen LogP contribution < -0.4 is 0 Å². The second-order valence-corrected chi connectivity index (χ2v) is 31.4. The van der Waals surface area contributed by atoms with E-state index in [2.05, 4.69) is 0 Å². The minimum Gasteiger partial charge on any atom is -0.394 e. The number of rotatable bonds is 41. The lowest BCUT2D eigenvalue weighted by molar-refractivity contribution is -0.407. The van der Waals surface area contributed by atoms with Gasteiger partial charge in [-0.2, -0.15) is 0 Å². The summed E-state index contributed by atoms with van der Waals surface area (Å²) in [4.78, 5) is 0. The van der Waals surface area contributed by atoms with Crippen LogP contribution in [0.2, 0.25) is 0 Å². The SMILES string of the molecule is OC[C@H]1O[C@@](CO)(OC[C@@]2(OC[C@@]3(OC[C@@]4(OC[C@@]5(OC[C@@]6(OC[C@@]7(OC[C@@]8(OC[C@@]9(OC[C@@]%10(O[C@H]%11O[C@H](CO)[C@@H](O)[C@H](O)[C@H]%11O)O[C@H](CO)[C@@H](O)[C@@H]%10O)O[C@H](CO)[C@@H](O)[C@@H]9O)O[C@H](CO)[C@@H](O)[C@@H]8O)O[C@H](CO)[C@@H](O)[C@H]7O)O[C@H](CO)[C@@H](O)[C@@H]6O)O[C@H](CO)[C@@H](O)[C@@H]5O)O[C@H](CO)[C@@H](O)[C@@H]4O)O[C@H](CO)[C@@H](O)[C@@H]3O)O[C@H](CO)[C@@H](O)[C@@H]2O)[C@@H](O)[C@@H]1O. The molecule has 0 radical (unpaired) electrons. The molecular weight excluding hydrogens is 1690 g/mol. The molecule has 11 aliphatic rings. The Kier molecular flexibility index (Phi) is 32.3. The first kappa shape index (κ1) is 100. The molecule has 35 N–H and O–H groups in total. The average molecular weight is 1800 g/mol. The van der Waals surface area contributed by atoms with Gasteiger partial charge in [0.15, 0.2) is 6.29 Å². The third-order valence-electron chi connectivity index (χ3n) is 23.9. The van der Waals surface area contributed by atoms with Crippen molar-refractivity contribution in [3.8, 4) is 0 Å². The summed E-state index contributed by atoms with van der Waals surface area (Å²) in [6.07, 6.45) is -77.3. The molecule has 45 atom stereocenters. The highest BCUT2D eigenvalue weighted by Crippen LogP contribution is 2.49. The van der Waals surface area contributed by atoms with Gasteiger partial charge in [0.2, 0.25) is 57.9 Å². The molecule has 0 aromatic heterocycles. The van der Waals surface area contributed by atoms with E-state index in [1.54, 1.807) is 0 Å². The fourth-order valence-corrected chi connectivity index (χ4v) is 16.2. The maximum atomic E-state index is 12.1. The van der Waals surface area contributed by atoms with Gasteiger partial charge in [-0.05, 0) is 0 Å². The van der Waals surface area contributed by atoms with Gasteiger partial charge >= 0.3 is 0 Å². The Bertz CT molecular complexity index is 3270. The third-order valence-corrected chi connectivity index (χ3v) is 23.9. The minimum atomic E-state index is -3.26. The van der Waals surface area contributed by atoms with Gasteiger partial charge in [-0.1, -0.05) is 0 Å². The van der Waals surface area contributed by atoms with Crippen LogP contribution in [0.4, 0.5) is 0 Å². The summed E-state index contributed by atoms with van der Waals surface area (Å²) in [5.74, 6) is -31.1. The number of hydrogen-bond donors (Lipinski definition) is 35. The first-order valence-electron chi connectivity index (χ1n) is 38.4. The van der Waals surface area contributed by atoms with Crippen molar-refractivity contribution in [2.45, 2.75) is 272 Å². The Labute approximate surface area is 687 Å². The molecule has 0 spiro atoms. The topological polar surface area (TPSA) is 902 Å². The summed E-state index contributed by atoms with van der Waals surface area (Å²) >= 11 is 0. The fourth-order valence-electron chi connectivity index (χ4n) is 16.2. The van der Waals surface area contributed by atoms with E-state index in [1.165, 1.54) is 0 Å². The van der Waals surface area contributed by atoms with E-state index in [0.29, 0.717) is 0 Å². The first-order chi connectivity index (χ1) is 57.6. The van der Waals surface area contributed by atoms with Crippen LogP contribution in [-0.4, -0.2) is 589 Å². The molecule has 0 aliphatic carbocycles. The van der Waals surface area contributed by atoms with Crippen LogP contribution in [0.5, 0.6) is 0 Å². The van der Waals surface area contributed by atoms with Crippen molar-refractivity contribution in [1.29, 1.82) is 0 Å². The van der Waals surface area contributed by atoms with Gasteiger partial charge in [-0.25, -0.2) is 0 Å². The molecule has 11 fully saturated rings. The Morgan fingerprint density at radius 2 is 0.311 bits per heavy atom. The molecule has 712 valence electrons. The van der Waals surface area contributed by atoms with Gasteiger partial charge in [0.25, 0.3) is 0 Å². The molecule has 11 aliphatic heterocycles. The number of aliphatic hydroxyl groups is 35. The van der Waals surface area contributed by atoms with Crippen LogP contribution >= 0.6 is 0 Å². The summed E-state index contributed by atoms with van der Waals surface area (Å²) in [6, 6.07) is 0. The molecule has 122 heavy (non-hydrogen) atoms. The van der Waals surface area contributed by atoms with Crippen LogP contribution in [0.25, 0.3) is 0 Å². The van der Waals surface area contributed by atoms with Crippen LogP contribution in [0.15, 0.2) is 0 Å². The standard InChI is InChI=1S/C66H112O56/c67-1-22-33(79)44(90)45(91)56(111-22)122-66(55(101)43(89)32(11-77)121-66)21-110-65(54(100)42(88)31(10-76)120-65)20-109-64(53(99)41(87)30(9-75)119-64)19-108-63(52(98)40(86)29(8-74)118-63)18-107-62(51(97)39(85)28(7-73)117-62)17-106-61(50(96)38(84)27(6-72)116-61)16-105-60(49(95)37(83)26(5-71)115-60)15-104-59(48(94)36(82)25(4-70)114-59)14-103-58(47(93)35(81)24(3-69)113-58)13-102-57(12-78)46(92)34(80)23(2-68)112-57/h22-56,67-101H,1-21H2/t22-,23-,24-,25-,26-,27-,28-,29-,30-,31-,32-,33-,34-,35-,36-,37-,38-,39-,40-,41-,42-,43-,44+,45-,46+,47+,48+,49+,50+,51+,52-,53+,54+,55+,56-,57-,58-,59-,60-,61-,62-,63-,64-,65-,66+/m1/s1. The molecule has 0 bridgehead atoms. The van der Waals surface area contributed by atoms with Crippen LogP contribution in [0.3, 0.4) is 0 Å². The molecule has 0 amide bonds. The fraction of sp³-hybridized carbons (Fsp3) is 1.00. The normalized spacial score (nSPS) is 52.8. The lowest BCUT2D eigenvalue weighted by Gasteiger charge is -2.45. The van der Waals surface area contributed by atoms with Gasteiger partial charge in [-0.3, -0.25) is 0 Å². The largest absolute Gasteiger partial charge is 0.394 e. The highest BCUT2D eigenvalue weighted by Gasteiger charge is 2.71. The number of hydrogen-bond acceptors (Lipinski definition) is 56. The molecule has 0 aromatic rings. The van der Waals surface area contributed by atoms with Gasteiger partial charge in [-0.15, -0.1) is 0 Å². The van der Waals surface area contributed by atoms with Crippen LogP contribution in [0, 0.1) is 0 Å². The summed E-state index contributed by atoms with van der Waals surface area (Å²) < 4.78 is 123. The van der Waals surface area contributed by atoms with Crippen molar-refractivity contribution in [3.05, 3.63) is 0 Å². The first-order valence-corrected chi connectivity index (χ1v) is 38.4. The molecule has 56 nitrogen and oxygen atoms in total. The molecule has 0 aromatic carbocycles. The Hall–Kier alpha value is -2.24. The average Bonchev–Trinajstić information content (AvgIpc) is 1.59. The predicted molar refractivity (Wildman–Crippen MR) is 363 cm³/mol. The van der Waals surface area contributed by atoms with E-state index in [1.807, 2.05) is 0 Å². The molecular formula is C66H112O56. The summed E-state index contributed by atoms with van der Waals surface area (Å²) in [5, 5.41) is 387. The predicted octanol–water partition coefficient (Wildman–Crippen LogP) is -25.0. The lowest BCUT2D eigenvalue weighted by atomic mass is 9.99. The van der Waals surface area contributed by atoms with E-state index < -0.39 is 410 Å². The molecule has 11 saturated heterocycles. The van der Waals surface area contributed by atoms with Gasteiger partial charge < -0.3 is 278 Å². The molecule has 56 heteroatoms. The Balaban J connectivity index is 0.893. The van der Waals surface area contributed by atoms with Crippen molar-refractivity contribution >= 4 is 0 Å². The zero-order chi connectivity index (χ0) is 89.9. The van der Waals surface area contributed by atoms with Crippen molar-refractivity contribution < 1.29 is 278 Å². The van der Waals surface area contributed by atoms with Crippen molar-refractivity contribution in [3.63, 3.8) is 0 Å². The quantitative estimate of drug-likeness (QED) is 0.0270. The zero-order valence-electron chi connectivity index (χ0n) is 64.3. The summed E-state index contributed by atoms with van der Waals surface area (Å²) in [5.41, 5.74) is 0. The third kappa shape index (κ3) is 17.7. The Morgan fingerprint density at radius 1 is 0.164 bits per heavy atom. The van der Waals surface area contributed by atoms with Gasteiger partial charge in [0.1, 0.15) is 274 Å². The van der Waals surface area contributed by atoms with E-state index in [9.17, 15) is 179 Å². The summed E-state index contributed by atoms with van der Waals surface area (Å²) in [6.45, 7) is -28.1. The van der Waals surface area contributed by atoms with Crippen molar-refractivity contribution in [1.82, 2.24) is 0 Å².